The van der Waals surface area contributed by atoms with Crippen LogP contribution in [0.3, 0.4) is 0 Å². The largest absolute Gasteiger partial charge is 0.481 e. The van der Waals surface area contributed by atoms with E-state index < -0.39 is 5.97 Å². The standard InChI is InChI=1S/C33H46O5/c1-32(24-21-31(36)37,28-15-7-3-8-16-28)22-13-5-11-19-30(35)20-12-6-14-23-33(2,25-26-38-27-34)29-17-9-4-10-18-29/h3-4,7-10,15-18,27H,5-6,11-14,19-26H2,1-2H3,(H,36,37). The van der Waals surface area contributed by atoms with Gasteiger partial charge < -0.3 is 9.84 Å². The van der Waals surface area contributed by atoms with E-state index in [1.54, 1.807) is 0 Å². The van der Waals surface area contributed by atoms with Crippen LogP contribution in [0, 0.1) is 0 Å². The topological polar surface area (TPSA) is 80.7 Å². The van der Waals surface area contributed by atoms with Gasteiger partial charge >= 0.3 is 5.97 Å². The number of carboxylic acid groups (broad SMARTS) is 1. The minimum atomic E-state index is -0.755. The third-order valence-corrected chi connectivity index (χ3v) is 8.04. The van der Waals surface area contributed by atoms with E-state index in [9.17, 15) is 19.5 Å². The Morgan fingerprint density at radius 1 is 0.684 bits per heavy atom. The fourth-order valence-electron chi connectivity index (χ4n) is 5.38. The zero-order valence-corrected chi connectivity index (χ0v) is 23.3. The lowest BCUT2D eigenvalue weighted by Crippen LogP contribution is -2.24. The summed E-state index contributed by atoms with van der Waals surface area (Å²) in [7, 11) is 0. The van der Waals surface area contributed by atoms with Crippen molar-refractivity contribution in [3.8, 4) is 0 Å². The van der Waals surface area contributed by atoms with E-state index in [0.29, 0.717) is 38.1 Å². The summed E-state index contributed by atoms with van der Waals surface area (Å²) in [5.41, 5.74) is 2.25. The molecule has 0 aromatic heterocycles. The van der Waals surface area contributed by atoms with Gasteiger partial charge in [0.05, 0.1) is 6.61 Å². The second-order valence-electron chi connectivity index (χ2n) is 11.1. The van der Waals surface area contributed by atoms with Crippen LogP contribution < -0.4 is 0 Å². The molecule has 0 aliphatic heterocycles. The molecule has 0 fully saturated rings. The lowest BCUT2D eigenvalue weighted by molar-refractivity contribution is -0.137. The quantitative estimate of drug-likeness (QED) is 0.134. The van der Waals surface area contributed by atoms with Crippen LogP contribution in [0.2, 0.25) is 0 Å². The molecule has 2 aromatic carbocycles. The number of carbonyl (C=O) groups excluding carboxylic acids is 2. The molecule has 2 aromatic rings. The number of carboxylic acids is 1. The maximum Gasteiger partial charge on any atom is 0.303 e. The fourth-order valence-corrected chi connectivity index (χ4v) is 5.38. The highest BCUT2D eigenvalue weighted by Gasteiger charge is 2.27. The van der Waals surface area contributed by atoms with Crippen LogP contribution in [0.25, 0.3) is 0 Å². The van der Waals surface area contributed by atoms with Crippen LogP contribution in [0.15, 0.2) is 60.7 Å². The van der Waals surface area contributed by atoms with Crippen molar-refractivity contribution in [2.75, 3.05) is 6.61 Å². The molecule has 2 unspecified atom stereocenters. The number of Topliss-reactive ketones (excluding diaryl/α,β-unsaturated/α-hetero) is 1. The zero-order valence-electron chi connectivity index (χ0n) is 23.3. The molecule has 2 rings (SSSR count). The maximum atomic E-state index is 12.4. The number of carbonyl (C=O) groups is 3. The van der Waals surface area contributed by atoms with E-state index in [1.807, 2.05) is 36.4 Å². The molecule has 0 saturated carbocycles. The summed E-state index contributed by atoms with van der Waals surface area (Å²) in [5, 5.41) is 9.18. The van der Waals surface area contributed by atoms with Crippen molar-refractivity contribution >= 4 is 18.2 Å². The van der Waals surface area contributed by atoms with Gasteiger partial charge in [0.15, 0.2) is 0 Å². The van der Waals surface area contributed by atoms with Gasteiger partial charge in [-0.05, 0) is 60.5 Å². The van der Waals surface area contributed by atoms with Crippen molar-refractivity contribution < 1.29 is 24.2 Å². The lowest BCUT2D eigenvalue weighted by Gasteiger charge is -2.30. The molecule has 0 spiro atoms. The van der Waals surface area contributed by atoms with E-state index in [0.717, 1.165) is 57.8 Å². The Morgan fingerprint density at radius 3 is 1.61 bits per heavy atom. The normalized spacial score (nSPS) is 14.3. The molecule has 0 bridgehead atoms. The average Bonchev–Trinajstić information content (AvgIpc) is 2.92. The van der Waals surface area contributed by atoms with E-state index in [4.69, 9.17) is 4.74 Å². The lowest BCUT2D eigenvalue weighted by atomic mass is 9.74. The summed E-state index contributed by atoms with van der Waals surface area (Å²) in [6.45, 7) is 5.32. The Morgan fingerprint density at radius 2 is 1.16 bits per heavy atom. The minimum absolute atomic E-state index is 0.0486. The summed E-state index contributed by atoms with van der Waals surface area (Å²) in [5.74, 6) is -0.415. The number of hydrogen-bond donors (Lipinski definition) is 1. The number of ether oxygens (including phenoxy) is 1. The molecule has 0 radical (unpaired) electrons. The van der Waals surface area contributed by atoms with Gasteiger partial charge in [0.25, 0.3) is 6.47 Å². The van der Waals surface area contributed by atoms with Gasteiger partial charge in [-0.3, -0.25) is 14.4 Å². The molecule has 0 amide bonds. The predicted molar refractivity (Wildman–Crippen MR) is 152 cm³/mol. The van der Waals surface area contributed by atoms with Crippen LogP contribution >= 0.6 is 0 Å². The summed E-state index contributed by atoms with van der Waals surface area (Å²) in [4.78, 5) is 34.2. The maximum absolute atomic E-state index is 12.4. The minimum Gasteiger partial charge on any atom is -0.481 e. The van der Waals surface area contributed by atoms with E-state index >= 15 is 0 Å². The number of unbranched alkanes of at least 4 members (excludes halogenated alkanes) is 4. The van der Waals surface area contributed by atoms with Crippen LogP contribution in [0.1, 0.15) is 108 Å². The van der Waals surface area contributed by atoms with Gasteiger partial charge in [-0.25, -0.2) is 0 Å². The third-order valence-electron chi connectivity index (χ3n) is 8.04. The molecule has 5 heteroatoms. The summed E-state index contributed by atoms with van der Waals surface area (Å²) in [6.07, 6.45) is 10.6. The van der Waals surface area contributed by atoms with E-state index in [-0.39, 0.29) is 17.3 Å². The second-order valence-corrected chi connectivity index (χ2v) is 11.1. The fraction of sp³-hybridized carbons (Fsp3) is 0.545. The Kier molecular flexibility index (Phi) is 13.8. The van der Waals surface area contributed by atoms with Gasteiger partial charge in [0.1, 0.15) is 5.78 Å². The molecule has 0 aliphatic rings. The van der Waals surface area contributed by atoms with Crippen molar-refractivity contribution in [2.24, 2.45) is 0 Å². The van der Waals surface area contributed by atoms with E-state index in [2.05, 4.69) is 38.1 Å². The van der Waals surface area contributed by atoms with Crippen molar-refractivity contribution in [1.29, 1.82) is 0 Å². The monoisotopic (exact) mass is 522 g/mol. The average molecular weight is 523 g/mol. The Hall–Kier alpha value is -2.95. The first-order chi connectivity index (χ1) is 18.3. The van der Waals surface area contributed by atoms with Gasteiger partial charge in [-0.1, -0.05) is 100 Å². The smallest absolute Gasteiger partial charge is 0.303 e. The Bertz CT molecular complexity index is 958. The summed E-state index contributed by atoms with van der Waals surface area (Å²) < 4.78 is 4.98. The number of aliphatic carboxylic acids is 1. The number of ketones is 1. The predicted octanol–water partition coefficient (Wildman–Crippen LogP) is 7.80. The first-order valence-electron chi connectivity index (χ1n) is 14.2. The highest BCUT2D eigenvalue weighted by Crippen LogP contribution is 2.35. The summed E-state index contributed by atoms with van der Waals surface area (Å²) in [6, 6.07) is 20.6. The molecule has 5 nitrogen and oxygen atoms in total. The summed E-state index contributed by atoms with van der Waals surface area (Å²) >= 11 is 0. The molecule has 208 valence electrons. The molecule has 0 aliphatic carbocycles. The van der Waals surface area contributed by atoms with E-state index in [1.165, 1.54) is 11.1 Å². The van der Waals surface area contributed by atoms with Gasteiger partial charge in [0, 0.05) is 19.3 Å². The van der Waals surface area contributed by atoms with Crippen LogP contribution in [0.5, 0.6) is 0 Å². The Balaban J connectivity index is 1.67. The highest BCUT2D eigenvalue weighted by atomic mass is 16.5. The van der Waals surface area contributed by atoms with Crippen LogP contribution in [-0.4, -0.2) is 29.9 Å². The third kappa shape index (κ3) is 11.2. The molecule has 2 atom stereocenters. The van der Waals surface area contributed by atoms with Crippen molar-refractivity contribution in [1.82, 2.24) is 0 Å². The van der Waals surface area contributed by atoms with Crippen LogP contribution in [-0.2, 0) is 30.0 Å². The molecule has 1 N–H and O–H groups in total. The van der Waals surface area contributed by atoms with Crippen LogP contribution in [0.4, 0.5) is 0 Å². The first-order valence-corrected chi connectivity index (χ1v) is 14.2. The van der Waals surface area contributed by atoms with Gasteiger partial charge in [-0.15, -0.1) is 0 Å². The molecule has 38 heavy (non-hydrogen) atoms. The molecule has 0 saturated heterocycles. The highest BCUT2D eigenvalue weighted by molar-refractivity contribution is 5.78. The van der Waals surface area contributed by atoms with Gasteiger partial charge in [0.2, 0.25) is 0 Å². The first kappa shape index (κ1) is 31.3. The molecular formula is C33H46O5. The molecule has 0 heterocycles. The number of rotatable bonds is 21. The zero-order chi connectivity index (χ0) is 27.7. The molecular weight excluding hydrogens is 476 g/mol. The van der Waals surface area contributed by atoms with Crippen molar-refractivity contribution in [2.45, 2.75) is 108 Å². The Labute approximate surface area is 229 Å². The van der Waals surface area contributed by atoms with Crippen molar-refractivity contribution in [3.63, 3.8) is 0 Å². The number of benzene rings is 2. The SMILES string of the molecule is CC(CCCCCC(=O)CCCCCC(C)(CCC(=O)O)c1ccccc1)(CCOC=O)c1ccccc1. The number of hydrogen-bond acceptors (Lipinski definition) is 4. The van der Waals surface area contributed by atoms with Gasteiger partial charge in [-0.2, -0.15) is 0 Å². The van der Waals surface area contributed by atoms with Crippen molar-refractivity contribution in [3.05, 3.63) is 71.8 Å². The second kappa shape index (κ2) is 16.8.